The van der Waals surface area contributed by atoms with Gasteiger partial charge in [-0.05, 0) is 128 Å². The minimum atomic E-state index is -0.994. The number of nitrogens with zero attached hydrogens (tertiary/aromatic N) is 12. The number of pyridine rings is 5. The Morgan fingerprint density at radius 2 is 1.05 bits per heavy atom. The first-order valence-corrected chi connectivity index (χ1v) is 33.9. The fourth-order valence-electron chi connectivity index (χ4n) is 11.7. The number of aryl methyl sites for hydroxylation is 2. The molecular formula is C68H69Cl5N14O9. The van der Waals surface area contributed by atoms with Crippen LogP contribution in [0.15, 0.2) is 123 Å². The Balaban J connectivity index is 0.000000120. The minimum Gasteiger partial charge on any atom is -0.383 e. The average Bonchev–Trinajstić information content (AvgIpc) is 1.40. The molecule has 3 saturated carbocycles. The summed E-state index contributed by atoms with van der Waals surface area (Å²) in [5, 5.41) is 43.8. The highest BCUT2D eigenvalue weighted by atomic mass is 35.5. The molecule has 6 aliphatic rings. The molecule has 14 heterocycles. The number of imidazole rings is 4. The second kappa shape index (κ2) is 28.4. The van der Waals surface area contributed by atoms with Crippen LogP contribution in [0, 0.1) is 0 Å². The molecule has 0 amide bonds. The predicted octanol–water partition coefficient (Wildman–Crippen LogP) is 10.3. The number of anilines is 1. The number of halogens is 5. The van der Waals surface area contributed by atoms with Gasteiger partial charge in [0.25, 0.3) is 0 Å². The van der Waals surface area contributed by atoms with E-state index < -0.39 is 16.8 Å². The number of carbonyl (C=O) groups excluding carboxylic acids is 3. The topological polar surface area (TPSA) is 294 Å². The number of Topliss-reactive ketones (excluding diaryl/α,β-unsaturated/α-hetero) is 3. The molecule has 0 spiro atoms. The number of aromatic nitrogens is 13. The Hall–Kier alpha value is -7.65. The molecule has 11 aromatic heterocycles. The van der Waals surface area contributed by atoms with E-state index >= 15 is 0 Å². The Labute approximate surface area is 575 Å². The van der Waals surface area contributed by atoms with E-state index in [4.69, 9.17) is 82.9 Å². The molecule has 0 atom stereocenters. The van der Waals surface area contributed by atoms with Crippen LogP contribution in [0.2, 0.25) is 10.0 Å². The zero-order valence-electron chi connectivity index (χ0n) is 52.0. The van der Waals surface area contributed by atoms with Crippen LogP contribution in [0.25, 0.3) is 22.3 Å². The number of H-pyrrole nitrogens is 1. The molecule has 17 rings (SSSR count). The van der Waals surface area contributed by atoms with Gasteiger partial charge in [-0.25, -0.2) is 24.9 Å². The number of nitrogens with one attached hydrogen (secondary N) is 1. The lowest BCUT2D eigenvalue weighted by Crippen LogP contribution is -2.47. The van der Waals surface area contributed by atoms with Crippen LogP contribution in [0.4, 0.5) is 5.82 Å². The van der Waals surface area contributed by atoms with Gasteiger partial charge in [0.15, 0.2) is 17.3 Å². The zero-order chi connectivity index (χ0) is 66.9. The lowest BCUT2D eigenvalue weighted by Gasteiger charge is -2.37. The summed E-state index contributed by atoms with van der Waals surface area (Å²) in [5.74, 6) is 2.61. The summed E-state index contributed by atoms with van der Waals surface area (Å²) in [5.41, 5.74) is 17.0. The largest absolute Gasteiger partial charge is 0.383 e. The molecule has 500 valence electrons. The van der Waals surface area contributed by atoms with E-state index in [0.29, 0.717) is 109 Å². The number of hydrogen-bond donors (Lipinski definition) is 5. The molecule has 11 aromatic rings. The number of hydrogen-bond acceptors (Lipinski definition) is 17. The van der Waals surface area contributed by atoms with E-state index in [2.05, 4.69) is 59.8 Å². The maximum atomic E-state index is 12.9. The smallest absolute Gasteiger partial charge is 0.166 e. The summed E-state index contributed by atoms with van der Waals surface area (Å²) in [6.07, 6.45) is 32.7. The number of ketones is 3. The second-order valence-electron chi connectivity index (χ2n) is 25.3. The van der Waals surface area contributed by atoms with Crippen molar-refractivity contribution in [1.29, 1.82) is 0 Å². The number of aromatic amines is 1. The lowest BCUT2D eigenvalue weighted by molar-refractivity contribution is -0.184. The van der Waals surface area contributed by atoms with Crippen molar-refractivity contribution in [3.05, 3.63) is 201 Å². The minimum absolute atomic E-state index is 0.00740. The maximum absolute atomic E-state index is 12.9. The van der Waals surface area contributed by atoms with Crippen molar-refractivity contribution in [2.75, 3.05) is 57.1 Å². The van der Waals surface area contributed by atoms with E-state index in [1.54, 1.807) is 48.1 Å². The fourth-order valence-corrected chi connectivity index (χ4v) is 12.4. The monoisotopic (exact) mass is 1400 g/mol. The zero-order valence-corrected chi connectivity index (χ0v) is 55.8. The number of ether oxygens (including phenoxy) is 3. The maximum Gasteiger partial charge on any atom is 0.166 e. The Kier molecular flexibility index (Phi) is 19.8. The lowest BCUT2D eigenvalue weighted by atomic mass is 9.91. The van der Waals surface area contributed by atoms with Gasteiger partial charge < -0.3 is 52.9 Å². The molecule has 3 aliphatic carbocycles. The van der Waals surface area contributed by atoms with Gasteiger partial charge >= 0.3 is 0 Å². The summed E-state index contributed by atoms with van der Waals surface area (Å²) >= 11 is 28.0. The van der Waals surface area contributed by atoms with Crippen molar-refractivity contribution in [3.63, 3.8) is 0 Å². The van der Waals surface area contributed by atoms with Gasteiger partial charge in [0, 0.05) is 95.3 Å². The van der Waals surface area contributed by atoms with E-state index in [-0.39, 0.29) is 42.3 Å². The number of rotatable bonds is 19. The normalized spacial score (nSPS) is 17.2. The van der Waals surface area contributed by atoms with Crippen LogP contribution in [-0.4, -0.2) is 147 Å². The summed E-state index contributed by atoms with van der Waals surface area (Å²) in [4.78, 5) is 56.9. The van der Waals surface area contributed by atoms with E-state index in [0.717, 1.165) is 61.8 Å². The van der Waals surface area contributed by atoms with Crippen molar-refractivity contribution in [1.82, 2.24) is 62.5 Å². The molecule has 3 aliphatic heterocycles. The quantitative estimate of drug-likeness (QED) is 0.0371. The molecule has 3 saturated heterocycles. The van der Waals surface area contributed by atoms with Gasteiger partial charge in [0.1, 0.15) is 33.9 Å². The van der Waals surface area contributed by atoms with Gasteiger partial charge in [-0.3, -0.25) is 24.2 Å². The molecule has 6 N–H and O–H groups in total. The number of carbonyl (C=O) groups is 3. The first kappa shape index (κ1) is 66.9. The van der Waals surface area contributed by atoms with Gasteiger partial charge in [-0.2, -0.15) is 10.2 Å². The third-order valence-electron chi connectivity index (χ3n) is 17.8. The van der Waals surface area contributed by atoms with E-state index in [1.165, 1.54) is 61.4 Å². The van der Waals surface area contributed by atoms with Crippen molar-refractivity contribution in [3.8, 4) is 0 Å². The van der Waals surface area contributed by atoms with Crippen LogP contribution in [-0.2, 0) is 61.1 Å². The Bertz CT molecular complexity index is 4630. The summed E-state index contributed by atoms with van der Waals surface area (Å²) in [6, 6.07) is 13.5. The first-order chi connectivity index (χ1) is 46.4. The number of nitrogen functional groups attached to an aromatic ring is 1. The highest BCUT2D eigenvalue weighted by Crippen LogP contribution is 2.45. The summed E-state index contributed by atoms with van der Waals surface area (Å²) < 4.78 is 25.0. The summed E-state index contributed by atoms with van der Waals surface area (Å²) in [6.45, 7) is 2.34. The van der Waals surface area contributed by atoms with Crippen molar-refractivity contribution in [2.24, 2.45) is 0 Å². The Morgan fingerprint density at radius 1 is 0.573 bits per heavy atom. The SMILES string of the molecule is Nc1ncc(C2CC2)cc1C1(O)COC1.O=C(CCc1ncn2ccc(Cl)cc12)c1cn[nH]c1.O=C(CCc1ncn2ccc(Cl)cc12)c1cnn(Cc2cn3cc(C4CC4)cc(C4(O)COC4)c3n2)c1.O=C(CCl)CCl.OC1(c2cc(C3CC3)cn3cc(CCl)nc23)COC1. The standard InChI is InChI=1S/C27H25ClN6O3.C14H15ClN2O2.C13H11ClN4O.C11H14N2O2.C3H4Cl2O/c28-20-5-6-32-16-29-23(24(32)8-20)3-4-25(35)19-9-30-34(11-19)13-21-12-33-10-18(17-1-2-17)7-22(26(33)31-21)27(36)14-37-15-27;15-4-11-6-17-5-10(9-1-2-9)3-12(13(17)16-11)14(18)7-19-8-14;14-10-3-4-18-8-15-11(12(18)5-10)1-2-13(19)9-6-16-17-7-9;12-10-9(11(14)5-15-6-11)3-8(4-13-10)7-1-2-7;4-1-3(6)2-5/h5-12,16-17,36H,1-4,13-15H2;3,5-6,9,18H,1-2,4,7-8H2;3-8H,1-2H2,(H,16,17);3-4,7,14H,1-2,5-6H2,(H2,12,13);1-2H2. The van der Waals surface area contributed by atoms with Crippen molar-refractivity contribution >= 4 is 104 Å². The molecular weight excluding hydrogens is 1330 g/mol. The number of aliphatic hydroxyl groups is 3. The fraction of sp³-hybridized carbons (Fsp3) is 0.382. The number of nitrogens with two attached hydrogens (primary N) is 1. The molecule has 0 aromatic carbocycles. The number of alkyl halides is 3. The molecule has 0 radical (unpaired) electrons. The highest BCUT2D eigenvalue weighted by molar-refractivity contribution is 6.35. The molecule has 28 heteroatoms. The van der Waals surface area contributed by atoms with E-state index in [9.17, 15) is 29.7 Å². The van der Waals surface area contributed by atoms with Crippen molar-refractivity contribution < 1.29 is 43.9 Å². The number of fused-ring (bicyclic) bond motifs is 4. The molecule has 96 heavy (non-hydrogen) atoms. The highest BCUT2D eigenvalue weighted by Gasteiger charge is 2.44. The van der Waals surface area contributed by atoms with Gasteiger partial charge in [0.05, 0.1) is 134 Å². The first-order valence-electron chi connectivity index (χ1n) is 31.6. The van der Waals surface area contributed by atoms with Crippen molar-refractivity contribution in [2.45, 2.75) is 111 Å². The van der Waals surface area contributed by atoms with E-state index in [1.807, 2.05) is 66.8 Å². The predicted molar refractivity (Wildman–Crippen MR) is 361 cm³/mol. The van der Waals surface area contributed by atoms with Crippen LogP contribution in [0.5, 0.6) is 0 Å². The average molecular weight is 1400 g/mol. The summed E-state index contributed by atoms with van der Waals surface area (Å²) in [7, 11) is 0. The van der Waals surface area contributed by atoms with Crippen LogP contribution in [0.3, 0.4) is 0 Å². The van der Waals surface area contributed by atoms with Crippen LogP contribution >= 0.6 is 58.0 Å². The molecule has 23 nitrogen and oxygen atoms in total. The third-order valence-corrected chi connectivity index (χ3v) is 19.1. The molecule has 0 unspecified atom stereocenters. The van der Waals surface area contributed by atoms with Gasteiger partial charge in [-0.1, -0.05) is 23.2 Å². The second-order valence-corrected chi connectivity index (χ2v) is 26.9. The van der Waals surface area contributed by atoms with Crippen LogP contribution < -0.4 is 5.73 Å². The third kappa shape index (κ3) is 15.1. The Morgan fingerprint density at radius 3 is 1.51 bits per heavy atom. The molecule has 0 bridgehead atoms. The van der Waals surface area contributed by atoms with Gasteiger partial charge in [-0.15, -0.1) is 34.8 Å². The van der Waals surface area contributed by atoms with Crippen LogP contribution in [0.1, 0.15) is 146 Å². The van der Waals surface area contributed by atoms with Gasteiger partial charge in [0.2, 0.25) is 0 Å². The molecule has 6 fully saturated rings.